The molecule has 0 aromatic carbocycles. The van der Waals surface area contributed by atoms with Crippen LogP contribution in [0, 0.1) is 19.8 Å². The highest BCUT2D eigenvalue weighted by atomic mass is 16.5. The third-order valence-electron chi connectivity index (χ3n) is 3.34. The molecule has 1 aromatic rings. The fourth-order valence-electron chi connectivity index (χ4n) is 2.48. The standard InChI is InChI=1S/C13H19NO/c1-4-11-6-5-7-12(8-11)13-9(2)14-15-10(13)3/h8,11H,4-7H2,1-3H3. The van der Waals surface area contributed by atoms with Crippen molar-refractivity contribution in [2.45, 2.75) is 46.5 Å². The van der Waals surface area contributed by atoms with Crippen molar-refractivity contribution < 1.29 is 4.52 Å². The van der Waals surface area contributed by atoms with E-state index in [1.165, 1.54) is 36.8 Å². The first-order valence-electron chi connectivity index (χ1n) is 5.86. The molecule has 1 atom stereocenters. The minimum atomic E-state index is 0.752. The van der Waals surface area contributed by atoms with E-state index in [0.717, 1.165) is 17.4 Å². The van der Waals surface area contributed by atoms with E-state index in [9.17, 15) is 0 Å². The molecule has 0 aliphatic heterocycles. The van der Waals surface area contributed by atoms with Gasteiger partial charge in [0.15, 0.2) is 0 Å². The zero-order valence-corrected chi connectivity index (χ0v) is 9.84. The summed E-state index contributed by atoms with van der Waals surface area (Å²) in [6, 6.07) is 0. The Morgan fingerprint density at radius 3 is 2.87 bits per heavy atom. The van der Waals surface area contributed by atoms with Crippen LogP contribution in [0.15, 0.2) is 10.6 Å². The first kappa shape index (κ1) is 10.5. The van der Waals surface area contributed by atoms with Gasteiger partial charge in [0, 0.05) is 5.56 Å². The fraction of sp³-hybridized carbons (Fsp3) is 0.615. The van der Waals surface area contributed by atoms with E-state index in [1.54, 1.807) is 0 Å². The van der Waals surface area contributed by atoms with Gasteiger partial charge in [-0.1, -0.05) is 18.2 Å². The molecule has 2 nitrogen and oxygen atoms in total. The van der Waals surface area contributed by atoms with Crippen molar-refractivity contribution in [3.05, 3.63) is 23.1 Å². The third kappa shape index (κ3) is 1.99. The van der Waals surface area contributed by atoms with Crippen LogP contribution in [0.3, 0.4) is 0 Å². The molecule has 0 radical (unpaired) electrons. The molecule has 2 rings (SSSR count). The average Bonchev–Trinajstić information content (AvgIpc) is 2.59. The quantitative estimate of drug-likeness (QED) is 0.732. The Balaban J connectivity index is 2.34. The molecule has 2 heteroatoms. The molecule has 1 aromatic heterocycles. The Kier molecular flexibility index (Phi) is 2.94. The second-order valence-electron chi connectivity index (χ2n) is 4.45. The molecule has 1 aliphatic rings. The van der Waals surface area contributed by atoms with E-state index in [1.807, 2.05) is 13.8 Å². The molecule has 1 unspecified atom stereocenters. The van der Waals surface area contributed by atoms with Crippen molar-refractivity contribution in [2.24, 2.45) is 5.92 Å². The fourth-order valence-corrected chi connectivity index (χ4v) is 2.48. The molecule has 0 saturated carbocycles. The van der Waals surface area contributed by atoms with E-state index in [2.05, 4.69) is 18.2 Å². The van der Waals surface area contributed by atoms with Gasteiger partial charge in [0.25, 0.3) is 0 Å². The Morgan fingerprint density at radius 1 is 1.47 bits per heavy atom. The van der Waals surface area contributed by atoms with Gasteiger partial charge >= 0.3 is 0 Å². The Morgan fingerprint density at radius 2 is 2.27 bits per heavy atom. The van der Waals surface area contributed by atoms with Gasteiger partial charge in [0.2, 0.25) is 0 Å². The summed E-state index contributed by atoms with van der Waals surface area (Å²) in [6.07, 6.45) is 7.49. The number of rotatable bonds is 2. The molecule has 1 aliphatic carbocycles. The monoisotopic (exact) mass is 205 g/mol. The Hall–Kier alpha value is -1.05. The number of hydrogen-bond acceptors (Lipinski definition) is 2. The maximum atomic E-state index is 5.23. The highest BCUT2D eigenvalue weighted by molar-refractivity contribution is 5.69. The molecule has 0 N–H and O–H groups in total. The van der Waals surface area contributed by atoms with Crippen LogP contribution in [0.2, 0.25) is 0 Å². The van der Waals surface area contributed by atoms with Crippen LogP contribution in [-0.2, 0) is 0 Å². The number of nitrogens with zero attached hydrogens (tertiary/aromatic N) is 1. The van der Waals surface area contributed by atoms with Crippen molar-refractivity contribution in [3.63, 3.8) is 0 Å². The molecule has 0 spiro atoms. The van der Waals surface area contributed by atoms with Crippen LogP contribution in [0.1, 0.15) is 49.6 Å². The van der Waals surface area contributed by atoms with E-state index in [-0.39, 0.29) is 0 Å². The smallest absolute Gasteiger partial charge is 0.141 e. The van der Waals surface area contributed by atoms with E-state index in [0.29, 0.717) is 0 Å². The molecule has 0 saturated heterocycles. The van der Waals surface area contributed by atoms with Gasteiger partial charge in [0.1, 0.15) is 5.76 Å². The summed E-state index contributed by atoms with van der Waals surface area (Å²) in [4.78, 5) is 0. The highest BCUT2D eigenvalue weighted by Crippen LogP contribution is 2.34. The summed E-state index contributed by atoms with van der Waals surface area (Å²) < 4.78 is 5.23. The van der Waals surface area contributed by atoms with Gasteiger partial charge in [-0.3, -0.25) is 0 Å². The summed E-state index contributed by atoms with van der Waals surface area (Å²) in [7, 11) is 0. The third-order valence-corrected chi connectivity index (χ3v) is 3.34. The minimum Gasteiger partial charge on any atom is -0.361 e. The maximum Gasteiger partial charge on any atom is 0.141 e. The number of allylic oxidation sites excluding steroid dienone is 2. The summed E-state index contributed by atoms with van der Waals surface area (Å²) in [5.74, 6) is 1.72. The SMILES string of the molecule is CCC1C=C(c2c(C)noc2C)CCC1. The lowest BCUT2D eigenvalue weighted by atomic mass is 9.85. The zero-order valence-electron chi connectivity index (χ0n) is 9.84. The lowest BCUT2D eigenvalue weighted by molar-refractivity contribution is 0.393. The van der Waals surface area contributed by atoms with Gasteiger partial charge in [-0.15, -0.1) is 0 Å². The predicted molar refractivity (Wildman–Crippen MR) is 61.6 cm³/mol. The van der Waals surface area contributed by atoms with Crippen molar-refractivity contribution in [3.8, 4) is 0 Å². The van der Waals surface area contributed by atoms with Crippen LogP contribution in [0.5, 0.6) is 0 Å². The second kappa shape index (κ2) is 4.21. The van der Waals surface area contributed by atoms with Crippen LogP contribution in [0.4, 0.5) is 0 Å². The second-order valence-corrected chi connectivity index (χ2v) is 4.45. The van der Waals surface area contributed by atoms with Crippen molar-refractivity contribution in [2.75, 3.05) is 0 Å². The minimum absolute atomic E-state index is 0.752. The predicted octanol–water partition coefficient (Wildman–Crippen LogP) is 3.88. The topological polar surface area (TPSA) is 26.0 Å². The number of aromatic nitrogens is 1. The van der Waals surface area contributed by atoms with Crippen LogP contribution >= 0.6 is 0 Å². The van der Waals surface area contributed by atoms with Gasteiger partial charge in [-0.25, -0.2) is 0 Å². The van der Waals surface area contributed by atoms with Crippen molar-refractivity contribution in [1.29, 1.82) is 0 Å². The molecule has 1 heterocycles. The maximum absolute atomic E-state index is 5.23. The lowest BCUT2D eigenvalue weighted by Gasteiger charge is -2.19. The van der Waals surface area contributed by atoms with Crippen LogP contribution < -0.4 is 0 Å². The molecule has 0 bridgehead atoms. The number of aryl methyl sites for hydroxylation is 2. The largest absolute Gasteiger partial charge is 0.361 e. The average molecular weight is 205 g/mol. The van der Waals surface area contributed by atoms with Gasteiger partial charge in [0.05, 0.1) is 5.69 Å². The van der Waals surface area contributed by atoms with Crippen molar-refractivity contribution in [1.82, 2.24) is 5.16 Å². The van der Waals surface area contributed by atoms with Crippen LogP contribution in [0.25, 0.3) is 5.57 Å². The van der Waals surface area contributed by atoms with E-state index in [4.69, 9.17) is 4.52 Å². The number of hydrogen-bond donors (Lipinski definition) is 0. The lowest BCUT2D eigenvalue weighted by Crippen LogP contribution is -2.03. The van der Waals surface area contributed by atoms with Gasteiger partial charge < -0.3 is 4.52 Å². The molecular formula is C13H19NO. The van der Waals surface area contributed by atoms with E-state index >= 15 is 0 Å². The summed E-state index contributed by atoms with van der Waals surface area (Å²) >= 11 is 0. The van der Waals surface area contributed by atoms with Gasteiger partial charge in [-0.05, 0) is 51.0 Å². The summed E-state index contributed by atoms with van der Waals surface area (Å²) in [5.41, 5.74) is 3.74. The first-order chi connectivity index (χ1) is 7.22. The first-order valence-corrected chi connectivity index (χ1v) is 5.86. The summed E-state index contributed by atoms with van der Waals surface area (Å²) in [5, 5.41) is 4.03. The normalized spacial score (nSPS) is 21.5. The Labute approximate surface area is 91.4 Å². The van der Waals surface area contributed by atoms with E-state index < -0.39 is 0 Å². The zero-order chi connectivity index (χ0) is 10.8. The van der Waals surface area contributed by atoms with Gasteiger partial charge in [-0.2, -0.15) is 0 Å². The molecular weight excluding hydrogens is 186 g/mol. The summed E-state index contributed by atoms with van der Waals surface area (Å²) in [6.45, 7) is 6.30. The molecule has 0 fully saturated rings. The van der Waals surface area contributed by atoms with Crippen LogP contribution in [-0.4, -0.2) is 5.16 Å². The van der Waals surface area contributed by atoms with Crippen molar-refractivity contribution >= 4 is 5.57 Å². The Bertz CT molecular complexity index is 356. The molecule has 0 amide bonds. The highest BCUT2D eigenvalue weighted by Gasteiger charge is 2.18. The molecule has 82 valence electrons. The molecule has 15 heavy (non-hydrogen) atoms.